The number of anilines is 2. The molecule has 4 rings (SSSR count). The van der Waals surface area contributed by atoms with Gasteiger partial charge < -0.3 is 10.2 Å². The molecule has 2 aromatic carbocycles. The van der Waals surface area contributed by atoms with E-state index in [0.29, 0.717) is 6.54 Å². The fourth-order valence-electron chi connectivity index (χ4n) is 3.83. The number of piperidine rings is 1. The Kier molecular flexibility index (Phi) is 5.79. The van der Waals surface area contributed by atoms with Crippen molar-refractivity contribution < 1.29 is 4.79 Å². The number of carbonyl (C=O) groups is 1. The Balaban J connectivity index is 1.42. The van der Waals surface area contributed by atoms with Crippen LogP contribution in [0.4, 0.5) is 11.5 Å². The van der Waals surface area contributed by atoms with Crippen molar-refractivity contribution in [1.82, 2.24) is 10.2 Å². The van der Waals surface area contributed by atoms with Crippen LogP contribution in [0.1, 0.15) is 29.5 Å². The van der Waals surface area contributed by atoms with Crippen molar-refractivity contribution in [3.8, 4) is 11.3 Å². The summed E-state index contributed by atoms with van der Waals surface area (Å²) in [7, 11) is 0. The normalized spacial score (nSPS) is 16.4. The zero-order valence-electron chi connectivity index (χ0n) is 17.9. The number of hydrogen-bond acceptors (Lipinski definition) is 4. The van der Waals surface area contributed by atoms with Crippen molar-refractivity contribution >= 4 is 17.4 Å². The molecule has 1 aliphatic heterocycles. The summed E-state index contributed by atoms with van der Waals surface area (Å²) in [5.74, 6) is 0.848. The van der Waals surface area contributed by atoms with Crippen LogP contribution in [-0.2, 0) is 4.79 Å². The summed E-state index contributed by atoms with van der Waals surface area (Å²) in [4.78, 5) is 15.0. The first-order chi connectivity index (χ1) is 14.5. The lowest BCUT2D eigenvalue weighted by Crippen LogP contribution is -2.41. The molecule has 2 heterocycles. The molecule has 154 valence electrons. The standard InChI is InChI=1S/C25H28N4O/c1-17-6-9-20(10-7-17)23-12-13-24(28-27-23)29-14-4-5-21(16-29)25(30)26-22-11-8-18(2)19(3)15-22/h6-13,15,21H,4-5,14,16H2,1-3H3,(H,26,30). The topological polar surface area (TPSA) is 58.1 Å². The molecule has 1 atom stereocenters. The second-order valence-electron chi connectivity index (χ2n) is 8.22. The van der Waals surface area contributed by atoms with Crippen LogP contribution >= 0.6 is 0 Å². The van der Waals surface area contributed by atoms with Crippen LogP contribution in [0.25, 0.3) is 11.3 Å². The second kappa shape index (κ2) is 8.66. The number of aromatic nitrogens is 2. The third kappa shape index (κ3) is 4.51. The Bertz CT molecular complexity index is 1030. The molecule has 0 radical (unpaired) electrons. The fourth-order valence-corrected chi connectivity index (χ4v) is 3.83. The molecule has 1 N–H and O–H groups in total. The molecular weight excluding hydrogens is 372 g/mol. The molecule has 0 spiro atoms. The van der Waals surface area contributed by atoms with E-state index in [9.17, 15) is 4.79 Å². The van der Waals surface area contributed by atoms with E-state index in [0.717, 1.165) is 42.1 Å². The first kappa shape index (κ1) is 20.1. The van der Waals surface area contributed by atoms with Crippen molar-refractivity contribution in [2.45, 2.75) is 33.6 Å². The minimum atomic E-state index is -0.0565. The minimum absolute atomic E-state index is 0.0565. The average Bonchev–Trinajstić information content (AvgIpc) is 2.77. The lowest BCUT2D eigenvalue weighted by molar-refractivity contribution is -0.120. The first-order valence-corrected chi connectivity index (χ1v) is 10.5. The van der Waals surface area contributed by atoms with Crippen LogP contribution in [0, 0.1) is 26.7 Å². The van der Waals surface area contributed by atoms with Crippen molar-refractivity contribution in [1.29, 1.82) is 0 Å². The molecule has 0 saturated carbocycles. The summed E-state index contributed by atoms with van der Waals surface area (Å²) in [5, 5.41) is 11.9. The summed E-state index contributed by atoms with van der Waals surface area (Å²) in [6.07, 6.45) is 1.86. The third-order valence-corrected chi connectivity index (χ3v) is 5.89. The van der Waals surface area contributed by atoms with Gasteiger partial charge in [-0.25, -0.2) is 0 Å². The van der Waals surface area contributed by atoms with E-state index in [-0.39, 0.29) is 11.8 Å². The third-order valence-electron chi connectivity index (χ3n) is 5.89. The summed E-state index contributed by atoms with van der Waals surface area (Å²) < 4.78 is 0. The first-order valence-electron chi connectivity index (χ1n) is 10.5. The highest BCUT2D eigenvalue weighted by Gasteiger charge is 2.27. The largest absolute Gasteiger partial charge is 0.354 e. The predicted octanol–water partition coefficient (Wildman–Crippen LogP) is 4.92. The van der Waals surface area contributed by atoms with E-state index in [1.165, 1.54) is 16.7 Å². The molecular formula is C25H28N4O. The second-order valence-corrected chi connectivity index (χ2v) is 8.22. The predicted molar refractivity (Wildman–Crippen MR) is 122 cm³/mol. The van der Waals surface area contributed by atoms with E-state index in [4.69, 9.17) is 0 Å². The zero-order chi connectivity index (χ0) is 21.1. The van der Waals surface area contributed by atoms with Gasteiger partial charge in [0.05, 0.1) is 11.6 Å². The molecule has 1 aliphatic rings. The summed E-state index contributed by atoms with van der Waals surface area (Å²) in [5.41, 5.74) is 6.42. The van der Waals surface area contributed by atoms with Gasteiger partial charge in [0.15, 0.2) is 5.82 Å². The minimum Gasteiger partial charge on any atom is -0.354 e. The Morgan fingerprint density at radius 2 is 1.77 bits per heavy atom. The van der Waals surface area contributed by atoms with Gasteiger partial charge in [0.25, 0.3) is 0 Å². The smallest absolute Gasteiger partial charge is 0.229 e. The van der Waals surface area contributed by atoms with Crippen molar-refractivity contribution in [3.05, 3.63) is 71.3 Å². The van der Waals surface area contributed by atoms with Crippen molar-refractivity contribution in [3.63, 3.8) is 0 Å². The van der Waals surface area contributed by atoms with Crippen LogP contribution < -0.4 is 10.2 Å². The molecule has 5 nitrogen and oxygen atoms in total. The highest BCUT2D eigenvalue weighted by atomic mass is 16.1. The summed E-state index contributed by atoms with van der Waals surface area (Å²) >= 11 is 0. The molecule has 1 unspecified atom stereocenters. The maximum absolute atomic E-state index is 12.8. The lowest BCUT2D eigenvalue weighted by atomic mass is 9.97. The van der Waals surface area contributed by atoms with Gasteiger partial charge in [0, 0.05) is 24.3 Å². The number of carbonyl (C=O) groups excluding carboxylic acids is 1. The van der Waals surface area contributed by atoms with Crippen molar-refractivity contribution in [2.24, 2.45) is 5.92 Å². The highest BCUT2D eigenvalue weighted by Crippen LogP contribution is 2.25. The lowest BCUT2D eigenvalue weighted by Gasteiger charge is -2.32. The Hall–Kier alpha value is -3.21. The number of rotatable bonds is 4. The maximum Gasteiger partial charge on any atom is 0.229 e. The molecule has 5 heteroatoms. The SMILES string of the molecule is Cc1ccc(-c2ccc(N3CCCC(C(=O)Nc4ccc(C)c(C)c4)C3)nn2)cc1. The number of nitrogens with one attached hydrogen (secondary N) is 1. The number of amides is 1. The zero-order valence-corrected chi connectivity index (χ0v) is 17.9. The Morgan fingerprint density at radius 3 is 2.47 bits per heavy atom. The van der Waals surface area contributed by atoms with Gasteiger partial charge >= 0.3 is 0 Å². The highest BCUT2D eigenvalue weighted by molar-refractivity contribution is 5.93. The molecule has 3 aromatic rings. The van der Waals surface area contributed by atoms with E-state index in [1.54, 1.807) is 0 Å². The number of hydrogen-bond donors (Lipinski definition) is 1. The van der Waals surface area contributed by atoms with E-state index in [2.05, 4.69) is 65.5 Å². The average molecular weight is 401 g/mol. The summed E-state index contributed by atoms with van der Waals surface area (Å²) in [6, 6.07) is 18.3. The van der Waals surface area contributed by atoms with Crippen LogP contribution in [0.3, 0.4) is 0 Å². The molecule has 0 bridgehead atoms. The van der Waals surface area contributed by atoms with Gasteiger partial charge in [-0.1, -0.05) is 35.9 Å². The molecule has 0 aliphatic carbocycles. The van der Waals surface area contributed by atoms with E-state index >= 15 is 0 Å². The number of aryl methyl sites for hydroxylation is 3. The number of nitrogens with zero attached hydrogens (tertiary/aromatic N) is 3. The molecule has 1 saturated heterocycles. The van der Waals surface area contributed by atoms with Gasteiger partial charge in [-0.15, -0.1) is 10.2 Å². The van der Waals surface area contributed by atoms with Gasteiger partial charge in [-0.3, -0.25) is 4.79 Å². The maximum atomic E-state index is 12.8. The van der Waals surface area contributed by atoms with E-state index in [1.807, 2.05) is 30.3 Å². The van der Waals surface area contributed by atoms with Gasteiger partial charge in [0.1, 0.15) is 0 Å². The van der Waals surface area contributed by atoms with Crippen molar-refractivity contribution in [2.75, 3.05) is 23.3 Å². The summed E-state index contributed by atoms with van der Waals surface area (Å²) in [6.45, 7) is 7.76. The number of benzene rings is 2. The van der Waals surface area contributed by atoms with Crippen LogP contribution in [-0.4, -0.2) is 29.2 Å². The molecule has 1 amide bonds. The fraction of sp³-hybridized carbons (Fsp3) is 0.320. The van der Waals surface area contributed by atoms with Crippen LogP contribution in [0.5, 0.6) is 0 Å². The Morgan fingerprint density at radius 1 is 0.967 bits per heavy atom. The molecule has 1 aromatic heterocycles. The molecule has 1 fully saturated rings. The quantitative estimate of drug-likeness (QED) is 0.675. The Labute approximate surface area is 178 Å². The van der Waals surface area contributed by atoms with Gasteiger partial charge in [0.2, 0.25) is 5.91 Å². The van der Waals surface area contributed by atoms with Crippen LogP contribution in [0.2, 0.25) is 0 Å². The molecule has 30 heavy (non-hydrogen) atoms. The van der Waals surface area contributed by atoms with Crippen LogP contribution in [0.15, 0.2) is 54.6 Å². The monoisotopic (exact) mass is 400 g/mol. The van der Waals surface area contributed by atoms with Gasteiger partial charge in [-0.2, -0.15) is 0 Å². The van der Waals surface area contributed by atoms with Gasteiger partial charge in [-0.05, 0) is 69.0 Å². The van der Waals surface area contributed by atoms with E-state index < -0.39 is 0 Å².